The van der Waals surface area contributed by atoms with Gasteiger partial charge in [0.1, 0.15) is 0 Å². The Bertz CT molecular complexity index is 858. The molecular weight excluding hydrogens is 320 g/mol. The molecule has 0 aromatic heterocycles. The molecule has 0 spiro atoms. The number of hydrogen-bond donors (Lipinski definition) is 0. The minimum atomic E-state index is 0.0260. The second kappa shape index (κ2) is 7.25. The molecule has 1 aliphatic rings. The van der Waals surface area contributed by atoms with E-state index >= 15 is 0 Å². The molecule has 132 valence electrons. The van der Waals surface area contributed by atoms with Crippen LogP contribution in [0.1, 0.15) is 30.0 Å². The van der Waals surface area contributed by atoms with Gasteiger partial charge in [-0.2, -0.15) is 0 Å². The predicted octanol–water partition coefficient (Wildman–Crippen LogP) is 5.55. The number of aryl methyl sites for hydroxylation is 1. The van der Waals surface area contributed by atoms with Gasteiger partial charge in [0.15, 0.2) is 11.5 Å². The number of rotatable bonds is 6. The standard InChI is InChI=1S/C24H24O2/c1-24(17-20-10-6-3-7-11-20,15-14-19-8-4-2-5-9-19)21-12-13-22-23(16-21)26-18-25-22/h2-13,16H,14-15,17-18H2,1H3. The lowest BCUT2D eigenvalue weighted by Gasteiger charge is -2.31. The van der Waals surface area contributed by atoms with Gasteiger partial charge in [0.2, 0.25) is 6.79 Å². The summed E-state index contributed by atoms with van der Waals surface area (Å²) in [5, 5.41) is 0. The lowest BCUT2D eigenvalue weighted by atomic mass is 9.73. The van der Waals surface area contributed by atoms with Crippen LogP contribution in [0.4, 0.5) is 0 Å². The largest absolute Gasteiger partial charge is 0.454 e. The maximum Gasteiger partial charge on any atom is 0.231 e. The average molecular weight is 344 g/mol. The van der Waals surface area contributed by atoms with Crippen LogP contribution in [0.5, 0.6) is 11.5 Å². The summed E-state index contributed by atoms with van der Waals surface area (Å²) in [6.45, 7) is 2.68. The average Bonchev–Trinajstić information content (AvgIpc) is 3.16. The van der Waals surface area contributed by atoms with Gasteiger partial charge in [0, 0.05) is 0 Å². The highest BCUT2D eigenvalue weighted by atomic mass is 16.7. The highest BCUT2D eigenvalue weighted by Crippen LogP contribution is 2.39. The van der Waals surface area contributed by atoms with Crippen molar-refractivity contribution in [2.24, 2.45) is 0 Å². The van der Waals surface area contributed by atoms with Crippen LogP contribution in [0.15, 0.2) is 78.9 Å². The van der Waals surface area contributed by atoms with Gasteiger partial charge < -0.3 is 9.47 Å². The Morgan fingerprint density at radius 2 is 1.42 bits per heavy atom. The number of fused-ring (bicyclic) bond motifs is 1. The van der Waals surface area contributed by atoms with Crippen molar-refractivity contribution >= 4 is 0 Å². The predicted molar refractivity (Wildman–Crippen MR) is 105 cm³/mol. The Hall–Kier alpha value is -2.74. The summed E-state index contributed by atoms with van der Waals surface area (Å²) in [6, 6.07) is 27.9. The van der Waals surface area contributed by atoms with Gasteiger partial charge in [-0.05, 0) is 53.5 Å². The summed E-state index contributed by atoms with van der Waals surface area (Å²) in [4.78, 5) is 0. The van der Waals surface area contributed by atoms with Crippen molar-refractivity contribution in [3.05, 3.63) is 95.6 Å². The van der Waals surface area contributed by atoms with E-state index in [9.17, 15) is 0 Å². The molecule has 0 amide bonds. The molecule has 0 bridgehead atoms. The monoisotopic (exact) mass is 344 g/mol. The molecule has 1 heterocycles. The Morgan fingerprint density at radius 3 is 2.15 bits per heavy atom. The Kier molecular flexibility index (Phi) is 4.66. The highest BCUT2D eigenvalue weighted by molar-refractivity contribution is 5.47. The van der Waals surface area contributed by atoms with Gasteiger partial charge in [0.25, 0.3) is 0 Å². The van der Waals surface area contributed by atoms with E-state index in [4.69, 9.17) is 9.47 Å². The Labute approximate surface area is 155 Å². The van der Waals surface area contributed by atoms with Crippen molar-refractivity contribution in [2.45, 2.75) is 31.6 Å². The smallest absolute Gasteiger partial charge is 0.231 e. The zero-order valence-electron chi connectivity index (χ0n) is 15.2. The zero-order chi connectivity index (χ0) is 17.8. The van der Waals surface area contributed by atoms with E-state index in [1.807, 2.05) is 6.07 Å². The first-order chi connectivity index (χ1) is 12.7. The van der Waals surface area contributed by atoms with Crippen LogP contribution < -0.4 is 9.47 Å². The van der Waals surface area contributed by atoms with Gasteiger partial charge >= 0.3 is 0 Å². The van der Waals surface area contributed by atoms with E-state index in [0.717, 1.165) is 30.8 Å². The number of hydrogen-bond acceptors (Lipinski definition) is 2. The maximum absolute atomic E-state index is 5.63. The molecule has 3 aromatic rings. The van der Waals surface area contributed by atoms with Crippen LogP contribution in [0.2, 0.25) is 0 Å². The van der Waals surface area contributed by atoms with Gasteiger partial charge in [0.05, 0.1) is 0 Å². The van der Waals surface area contributed by atoms with E-state index in [2.05, 4.69) is 79.7 Å². The summed E-state index contributed by atoms with van der Waals surface area (Å²) < 4.78 is 11.1. The first kappa shape index (κ1) is 16.7. The summed E-state index contributed by atoms with van der Waals surface area (Å²) in [5.41, 5.74) is 4.08. The summed E-state index contributed by atoms with van der Waals surface area (Å²) >= 11 is 0. The van der Waals surface area contributed by atoms with Crippen molar-refractivity contribution in [1.82, 2.24) is 0 Å². The van der Waals surface area contributed by atoms with Crippen LogP contribution in [-0.2, 0) is 18.3 Å². The topological polar surface area (TPSA) is 18.5 Å². The maximum atomic E-state index is 5.63. The van der Waals surface area contributed by atoms with Crippen LogP contribution in [0.3, 0.4) is 0 Å². The minimum Gasteiger partial charge on any atom is -0.454 e. The first-order valence-corrected chi connectivity index (χ1v) is 9.21. The van der Waals surface area contributed by atoms with Gasteiger partial charge in [-0.3, -0.25) is 0 Å². The summed E-state index contributed by atoms with van der Waals surface area (Å²) in [7, 11) is 0. The van der Waals surface area contributed by atoms with Gasteiger partial charge in [-0.15, -0.1) is 0 Å². The molecule has 2 heteroatoms. The summed E-state index contributed by atoms with van der Waals surface area (Å²) in [6.07, 6.45) is 3.13. The molecule has 1 aliphatic heterocycles. The third-order valence-electron chi connectivity index (χ3n) is 5.31. The molecule has 26 heavy (non-hydrogen) atoms. The van der Waals surface area contributed by atoms with Crippen molar-refractivity contribution in [2.75, 3.05) is 6.79 Å². The van der Waals surface area contributed by atoms with Crippen molar-refractivity contribution in [1.29, 1.82) is 0 Å². The molecule has 0 saturated heterocycles. The van der Waals surface area contributed by atoms with Crippen molar-refractivity contribution in [3.63, 3.8) is 0 Å². The molecule has 0 aliphatic carbocycles. The van der Waals surface area contributed by atoms with E-state index in [1.54, 1.807) is 0 Å². The Morgan fingerprint density at radius 1 is 0.769 bits per heavy atom. The number of benzene rings is 3. The van der Waals surface area contributed by atoms with E-state index in [1.165, 1.54) is 16.7 Å². The van der Waals surface area contributed by atoms with Gasteiger partial charge in [-0.1, -0.05) is 73.7 Å². The van der Waals surface area contributed by atoms with Crippen LogP contribution in [0, 0.1) is 0 Å². The van der Waals surface area contributed by atoms with E-state index in [-0.39, 0.29) is 5.41 Å². The molecule has 0 N–H and O–H groups in total. The molecule has 1 atom stereocenters. The van der Waals surface area contributed by atoms with Crippen LogP contribution >= 0.6 is 0 Å². The molecule has 0 radical (unpaired) electrons. The highest BCUT2D eigenvalue weighted by Gasteiger charge is 2.29. The molecule has 3 aromatic carbocycles. The molecule has 0 saturated carbocycles. The van der Waals surface area contributed by atoms with Crippen molar-refractivity contribution < 1.29 is 9.47 Å². The number of ether oxygens (including phenoxy) is 2. The first-order valence-electron chi connectivity index (χ1n) is 9.21. The second-order valence-corrected chi connectivity index (χ2v) is 7.28. The fourth-order valence-corrected chi connectivity index (χ4v) is 3.72. The fraction of sp³-hybridized carbons (Fsp3) is 0.250. The van der Waals surface area contributed by atoms with Crippen LogP contribution in [0.25, 0.3) is 0 Å². The van der Waals surface area contributed by atoms with Crippen molar-refractivity contribution in [3.8, 4) is 11.5 Å². The quantitative estimate of drug-likeness (QED) is 0.584. The minimum absolute atomic E-state index is 0.0260. The molecule has 4 rings (SSSR count). The Balaban J connectivity index is 1.64. The lowest BCUT2D eigenvalue weighted by molar-refractivity contribution is 0.174. The second-order valence-electron chi connectivity index (χ2n) is 7.28. The molecule has 2 nitrogen and oxygen atoms in total. The lowest BCUT2D eigenvalue weighted by Crippen LogP contribution is -2.26. The zero-order valence-corrected chi connectivity index (χ0v) is 15.2. The van der Waals surface area contributed by atoms with Crippen LogP contribution in [-0.4, -0.2) is 6.79 Å². The molecule has 0 fully saturated rings. The normalized spacial score (nSPS) is 14.8. The SMILES string of the molecule is CC(CCc1ccccc1)(Cc1ccccc1)c1ccc2c(c1)OCO2. The third kappa shape index (κ3) is 3.60. The van der Waals surface area contributed by atoms with E-state index in [0.29, 0.717) is 6.79 Å². The third-order valence-corrected chi connectivity index (χ3v) is 5.31. The fourth-order valence-electron chi connectivity index (χ4n) is 3.72. The summed E-state index contributed by atoms with van der Waals surface area (Å²) in [5.74, 6) is 1.71. The van der Waals surface area contributed by atoms with E-state index < -0.39 is 0 Å². The molecular formula is C24H24O2. The van der Waals surface area contributed by atoms with Gasteiger partial charge in [-0.25, -0.2) is 0 Å². The molecule has 1 unspecified atom stereocenters.